The van der Waals surface area contributed by atoms with Crippen LogP contribution in [0, 0.1) is 17.3 Å². The number of carbonyl (C=O) groups excluding carboxylic acids is 2. The highest BCUT2D eigenvalue weighted by molar-refractivity contribution is 6.06. The Kier molecular flexibility index (Phi) is 2.16. The van der Waals surface area contributed by atoms with Crippen LogP contribution in [0.25, 0.3) is 0 Å². The molecule has 0 aromatic heterocycles. The van der Waals surface area contributed by atoms with Gasteiger partial charge >= 0.3 is 0 Å². The molecule has 0 aromatic carbocycles. The lowest BCUT2D eigenvalue weighted by Gasteiger charge is -2.62. The van der Waals surface area contributed by atoms with Crippen LogP contribution in [-0.4, -0.2) is 66.7 Å². The van der Waals surface area contributed by atoms with Crippen molar-refractivity contribution < 1.29 is 33.3 Å². The van der Waals surface area contributed by atoms with Gasteiger partial charge in [-0.05, 0) is 25.5 Å². The van der Waals surface area contributed by atoms with E-state index in [0.717, 1.165) is 16.7 Å². The molecule has 0 amide bonds. The van der Waals surface area contributed by atoms with E-state index in [0.29, 0.717) is 0 Å². The first-order valence-electron chi connectivity index (χ1n) is 9.85. The molecule has 6 aliphatic heterocycles. The Morgan fingerprint density at radius 2 is 1.78 bits per heavy atom. The Labute approximate surface area is 154 Å². The van der Waals surface area contributed by atoms with Crippen molar-refractivity contribution in [3.05, 3.63) is 22.8 Å². The van der Waals surface area contributed by atoms with E-state index in [-0.39, 0.29) is 53.9 Å². The minimum absolute atomic E-state index is 0.0572. The van der Waals surface area contributed by atoms with Crippen molar-refractivity contribution in [2.45, 2.75) is 69.0 Å². The van der Waals surface area contributed by atoms with Crippen molar-refractivity contribution in [2.75, 3.05) is 0 Å². The topological polar surface area (TPSA) is 86.9 Å². The zero-order chi connectivity index (χ0) is 18.0. The lowest BCUT2D eigenvalue weighted by Crippen LogP contribution is -2.71. The lowest BCUT2D eigenvalue weighted by molar-refractivity contribution is -0.246. The van der Waals surface area contributed by atoms with Crippen LogP contribution in [0.4, 0.5) is 0 Å². The molecule has 6 unspecified atom stereocenters. The van der Waals surface area contributed by atoms with Crippen molar-refractivity contribution in [1.29, 1.82) is 0 Å². The maximum atomic E-state index is 13.7. The molecule has 7 heteroatoms. The van der Waals surface area contributed by atoms with Crippen molar-refractivity contribution in [3.8, 4) is 0 Å². The van der Waals surface area contributed by atoms with E-state index in [1.807, 2.05) is 19.9 Å². The van der Waals surface area contributed by atoms with Crippen LogP contribution < -0.4 is 0 Å². The van der Waals surface area contributed by atoms with Gasteiger partial charge in [-0.3, -0.25) is 9.59 Å². The second-order valence-corrected chi connectivity index (χ2v) is 9.13. The van der Waals surface area contributed by atoms with E-state index in [1.165, 1.54) is 0 Å². The van der Waals surface area contributed by atoms with Gasteiger partial charge in [0.2, 0.25) is 0 Å². The van der Waals surface area contributed by atoms with Gasteiger partial charge in [-0.2, -0.15) is 0 Å². The van der Waals surface area contributed by atoms with E-state index < -0.39 is 30.0 Å². The van der Waals surface area contributed by atoms with Gasteiger partial charge in [-0.15, -0.1) is 0 Å². The second-order valence-electron chi connectivity index (χ2n) is 9.13. The van der Waals surface area contributed by atoms with Crippen molar-refractivity contribution >= 4 is 11.6 Å². The molecule has 5 fully saturated rings. The summed E-state index contributed by atoms with van der Waals surface area (Å²) in [5.74, 6) is -0.196. The highest BCUT2D eigenvalue weighted by Gasteiger charge is 2.79. The van der Waals surface area contributed by atoms with Gasteiger partial charge in [0.25, 0.3) is 0 Å². The third kappa shape index (κ3) is 1.30. The molecule has 140 valence electrons. The molecule has 0 N–H and O–H groups in total. The maximum absolute atomic E-state index is 13.7. The molecule has 0 aromatic rings. The molecule has 0 saturated carbocycles. The SMILES string of the molecule is CC1OC2C3=C4C(=O)[C@@H]5O[C@@H]5[C@H]3O[C@H]3OC(C)C(C41)C21C(=O)[C@@H]2O[C@@H]2C=C31. The molecule has 12 atom stereocenters. The van der Waals surface area contributed by atoms with Gasteiger partial charge in [0.15, 0.2) is 17.9 Å². The number of epoxide rings is 2. The van der Waals surface area contributed by atoms with E-state index >= 15 is 0 Å². The summed E-state index contributed by atoms with van der Waals surface area (Å²) in [7, 11) is 0. The predicted molar refractivity (Wildman–Crippen MR) is 85.4 cm³/mol. The predicted octanol–water partition coefficient (Wildman–Crippen LogP) is 0.0729. The summed E-state index contributed by atoms with van der Waals surface area (Å²) < 4.78 is 30.5. The van der Waals surface area contributed by atoms with E-state index in [9.17, 15) is 9.59 Å². The fourth-order valence-electron chi connectivity index (χ4n) is 7.20. The molecule has 27 heavy (non-hydrogen) atoms. The number of ketones is 2. The number of hydrogen-bond acceptors (Lipinski definition) is 7. The van der Waals surface area contributed by atoms with Gasteiger partial charge in [-0.1, -0.05) is 0 Å². The monoisotopic (exact) mass is 370 g/mol. The summed E-state index contributed by atoms with van der Waals surface area (Å²) >= 11 is 0. The van der Waals surface area contributed by atoms with Crippen molar-refractivity contribution in [1.82, 2.24) is 0 Å². The summed E-state index contributed by atoms with van der Waals surface area (Å²) in [4.78, 5) is 26.9. The average molecular weight is 370 g/mol. The summed E-state index contributed by atoms with van der Waals surface area (Å²) in [6, 6.07) is 0. The lowest BCUT2D eigenvalue weighted by atomic mass is 9.46. The third-order valence-corrected chi connectivity index (χ3v) is 8.15. The molecule has 6 heterocycles. The first kappa shape index (κ1) is 14.6. The number of fused-ring (bicyclic) bond motifs is 4. The molecular formula is C20H18O7. The molecule has 1 spiro atoms. The van der Waals surface area contributed by atoms with Crippen molar-refractivity contribution in [2.24, 2.45) is 17.3 Å². The second kappa shape index (κ2) is 4.00. The van der Waals surface area contributed by atoms with Crippen LogP contribution in [0.15, 0.2) is 22.8 Å². The molecule has 5 bridgehead atoms. The Bertz CT molecular complexity index is 935. The highest BCUT2D eigenvalue weighted by atomic mass is 16.7. The molecule has 5 saturated heterocycles. The van der Waals surface area contributed by atoms with Crippen molar-refractivity contribution in [3.63, 3.8) is 0 Å². The first-order valence-corrected chi connectivity index (χ1v) is 9.85. The van der Waals surface area contributed by atoms with Crippen LogP contribution >= 0.6 is 0 Å². The number of Topliss-reactive ketones (excluding diaryl/α,β-unsaturated/α-hetero) is 2. The van der Waals surface area contributed by atoms with Crippen LogP contribution in [0.5, 0.6) is 0 Å². The Balaban J connectivity index is 1.50. The fraction of sp³-hybridized carbons (Fsp3) is 0.700. The molecule has 0 radical (unpaired) electrons. The molecular weight excluding hydrogens is 352 g/mol. The Morgan fingerprint density at radius 3 is 2.63 bits per heavy atom. The van der Waals surface area contributed by atoms with Gasteiger partial charge in [0.1, 0.15) is 30.5 Å². The largest absolute Gasteiger partial charge is 0.369 e. The highest BCUT2D eigenvalue weighted by Crippen LogP contribution is 2.69. The number of ether oxygens (including phenoxy) is 5. The fourth-order valence-corrected chi connectivity index (χ4v) is 7.20. The maximum Gasteiger partial charge on any atom is 0.190 e. The van der Waals surface area contributed by atoms with Crippen LogP contribution in [0.3, 0.4) is 0 Å². The Morgan fingerprint density at radius 1 is 0.926 bits per heavy atom. The third-order valence-electron chi connectivity index (χ3n) is 8.15. The number of carbonyl (C=O) groups is 2. The van der Waals surface area contributed by atoms with Gasteiger partial charge in [0.05, 0.1) is 23.7 Å². The van der Waals surface area contributed by atoms with Gasteiger partial charge < -0.3 is 23.7 Å². The molecule has 7 nitrogen and oxygen atoms in total. The zero-order valence-electron chi connectivity index (χ0n) is 14.8. The van der Waals surface area contributed by atoms with Gasteiger partial charge in [-0.25, -0.2) is 0 Å². The van der Waals surface area contributed by atoms with Crippen LogP contribution in [0.2, 0.25) is 0 Å². The Hall–Kier alpha value is -1.38. The zero-order valence-corrected chi connectivity index (χ0v) is 14.8. The smallest absolute Gasteiger partial charge is 0.190 e. The molecule has 9 aliphatic rings. The minimum Gasteiger partial charge on any atom is -0.369 e. The number of hydrogen-bond donors (Lipinski definition) is 0. The molecule has 9 rings (SSSR count). The molecule has 3 aliphatic carbocycles. The number of rotatable bonds is 0. The standard InChI is InChI=1S/C20H18O7/c1-4-8-9-10-14(16-15(26-16)12(9)21)27-19-6-3-7-13(25-7)17(22)20(6,18(10)23-4)11(8)5(2)24-19/h3-5,7-8,11,13-16,18-19H,1-2H3/t4?,5?,7-,8?,11?,13-,14+,15+,16-,18?,19-,20?/m1/s1. The van der Waals surface area contributed by atoms with Gasteiger partial charge in [0, 0.05) is 23.0 Å². The minimum atomic E-state index is -0.841. The van der Waals surface area contributed by atoms with Crippen LogP contribution in [-0.2, 0) is 33.3 Å². The van der Waals surface area contributed by atoms with E-state index in [2.05, 4.69) is 0 Å². The first-order chi connectivity index (χ1) is 13.0. The van der Waals surface area contributed by atoms with E-state index in [1.54, 1.807) is 0 Å². The van der Waals surface area contributed by atoms with Crippen LogP contribution in [0.1, 0.15) is 13.8 Å². The summed E-state index contributed by atoms with van der Waals surface area (Å²) in [6.07, 6.45) is -1.12. The summed E-state index contributed by atoms with van der Waals surface area (Å²) in [5, 5.41) is 0. The quantitative estimate of drug-likeness (QED) is 0.441. The summed E-state index contributed by atoms with van der Waals surface area (Å²) in [5.41, 5.74) is 1.65. The average Bonchev–Trinajstić information content (AvgIpc) is 3.53. The van der Waals surface area contributed by atoms with E-state index in [4.69, 9.17) is 23.7 Å². The summed E-state index contributed by atoms with van der Waals surface area (Å²) in [6.45, 7) is 4.00. The normalized spacial score (nSPS) is 63.2.